The van der Waals surface area contributed by atoms with Crippen LogP contribution in [0, 0.1) is 18.3 Å². The topological polar surface area (TPSA) is 61.9 Å². The minimum atomic E-state index is 0.639. The van der Waals surface area contributed by atoms with Crippen LogP contribution in [-0.4, -0.2) is 11.5 Å². The molecule has 0 fully saturated rings. The second-order valence-corrected chi connectivity index (χ2v) is 3.16. The summed E-state index contributed by atoms with van der Waals surface area (Å²) in [6.45, 7) is 3.45. The number of aromatic nitrogens is 1. The maximum absolute atomic E-state index is 8.31. The highest BCUT2D eigenvalue weighted by molar-refractivity contribution is 4.90. The number of oxazole rings is 1. The van der Waals surface area contributed by atoms with Gasteiger partial charge in [0.15, 0.2) is 0 Å². The molecule has 0 spiro atoms. The van der Waals surface area contributed by atoms with Gasteiger partial charge in [-0.2, -0.15) is 5.26 Å². The molecule has 76 valence electrons. The third kappa shape index (κ3) is 4.06. The van der Waals surface area contributed by atoms with Crippen LogP contribution in [0.1, 0.15) is 30.9 Å². The molecule has 0 aliphatic carbocycles. The standard InChI is InChI=1S/C10H15N3O/c1-9-7-13-10(14-9)8-12-6-4-2-3-5-11/h7,12H,2-4,6,8H2,1H3. The fourth-order valence-electron chi connectivity index (χ4n) is 1.13. The van der Waals surface area contributed by atoms with Gasteiger partial charge in [-0.1, -0.05) is 0 Å². The van der Waals surface area contributed by atoms with Gasteiger partial charge in [0.1, 0.15) is 5.76 Å². The number of nitrogens with one attached hydrogen (secondary N) is 1. The van der Waals surface area contributed by atoms with Gasteiger partial charge in [-0.15, -0.1) is 0 Å². The van der Waals surface area contributed by atoms with Gasteiger partial charge in [-0.3, -0.25) is 0 Å². The quantitative estimate of drug-likeness (QED) is 0.699. The average Bonchev–Trinajstić information content (AvgIpc) is 2.58. The lowest BCUT2D eigenvalue weighted by Gasteiger charge is -1.99. The molecule has 1 N–H and O–H groups in total. The minimum Gasteiger partial charge on any atom is -0.445 e. The van der Waals surface area contributed by atoms with Gasteiger partial charge in [-0.05, 0) is 26.3 Å². The normalized spacial score (nSPS) is 10.0. The zero-order chi connectivity index (χ0) is 10.2. The molecule has 0 unspecified atom stereocenters. The third-order valence-electron chi connectivity index (χ3n) is 1.84. The molecular weight excluding hydrogens is 178 g/mol. The van der Waals surface area contributed by atoms with Crippen LogP contribution in [0.2, 0.25) is 0 Å². The van der Waals surface area contributed by atoms with Crippen molar-refractivity contribution in [2.45, 2.75) is 32.7 Å². The van der Waals surface area contributed by atoms with E-state index in [2.05, 4.69) is 16.4 Å². The van der Waals surface area contributed by atoms with E-state index in [4.69, 9.17) is 9.68 Å². The lowest BCUT2D eigenvalue weighted by Crippen LogP contribution is -2.14. The second-order valence-electron chi connectivity index (χ2n) is 3.16. The van der Waals surface area contributed by atoms with Gasteiger partial charge in [-0.25, -0.2) is 4.98 Å². The van der Waals surface area contributed by atoms with Gasteiger partial charge in [0.25, 0.3) is 0 Å². The smallest absolute Gasteiger partial charge is 0.208 e. The first-order chi connectivity index (χ1) is 6.83. The highest BCUT2D eigenvalue weighted by atomic mass is 16.4. The number of rotatable bonds is 6. The SMILES string of the molecule is Cc1cnc(CNCCCCC#N)o1. The van der Waals surface area contributed by atoms with Crippen LogP contribution in [0.5, 0.6) is 0 Å². The van der Waals surface area contributed by atoms with E-state index >= 15 is 0 Å². The summed E-state index contributed by atoms with van der Waals surface area (Å²) in [4.78, 5) is 4.07. The molecule has 0 amide bonds. The molecule has 0 saturated heterocycles. The Morgan fingerprint density at radius 3 is 3.07 bits per heavy atom. The Morgan fingerprint density at radius 1 is 1.57 bits per heavy atom. The molecule has 0 aliphatic heterocycles. The van der Waals surface area contributed by atoms with Crippen molar-refractivity contribution < 1.29 is 4.42 Å². The van der Waals surface area contributed by atoms with E-state index in [-0.39, 0.29) is 0 Å². The Hall–Kier alpha value is -1.34. The Kier molecular flexibility index (Phi) is 4.73. The molecule has 4 heteroatoms. The molecule has 0 bridgehead atoms. The van der Waals surface area contributed by atoms with E-state index in [1.54, 1.807) is 6.20 Å². The molecule has 1 aromatic rings. The first-order valence-corrected chi connectivity index (χ1v) is 4.82. The van der Waals surface area contributed by atoms with Gasteiger partial charge in [0.2, 0.25) is 5.89 Å². The maximum Gasteiger partial charge on any atom is 0.208 e. The van der Waals surface area contributed by atoms with Gasteiger partial charge in [0, 0.05) is 6.42 Å². The van der Waals surface area contributed by atoms with Crippen LogP contribution in [0.25, 0.3) is 0 Å². The number of nitrogens with zero attached hydrogens (tertiary/aromatic N) is 2. The molecule has 1 aromatic heterocycles. The molecule has 0 radical (unpaired) electrons. The zero-order valence-corrected chi connectivity index (χ0v) is 8.42. The summed E-state index contributed by atoms with van der Waals surface area (Å²) in [7, 11) is 0. The summed E-state index contributed by atoms with van der Waals surface area (Å²) >= 11 is 0. The number of hydrogen-bond donors (Lipinski definition) is 1. The summed E-state index contributed by atoms with van der Waals surface area (Å²) in [5.41, 5.74) is 0. The van der Waals surface area contributed by atoms with E-state index in [0.29, 0.717) is 13.0 Å². The predicted molar refractivity (Wildman–Crippen MR) is 52.4 cm³/mol. The fraction of sp³-hybridized carbons (Fsp3) is 0.600. The van der Waals surface area contributed by atoms with Gasteiger partial charge < -0.3 is 9.73 Å². The van der Waals surface area contributed by atoms with Crippen molar-refractivity contribution in [1.29, 1.82) is 5.26 Å². The first kappa shape index (κ1) is 10.7. The maximum atomic E-state index is 8.31. The summed E-state index contributed by atoms with van der Waals surface area (Å²) in [6.07, 6.45) is 4.33. The Labute approximate surface area is 83.9 Å². The molecule has 0 aliphatic rings. The fourth-order valence-corrected chi connectivity index (χ4v) is 1.13. The number of aryl methyl sites for hydroxylation is 1. The molecule has 1 rings (SSSR count). The molecule has 14 heavy (non-hydrogen) atoms. The molecule has 4 nitrogen and oxygen atoms in total. The summed E-state index contributed by atoms with van der Waals surface area (Å²) in [5.74, 6) is 1.56. The van der Waals surface area contributed by atoms with Gasteiger partial charge >= 0.3 is 0 Å². The average molecular weight is 193 g/mol. The monoisotopic (exact) mass is 193 g/mol. The van der Waals surface area contributed by atoms with Crippen molar-refractivity contribution in [3.05, 3.63) is 17.8 Å². The van der Waals surface area contributed by atoms with Crippen molar-refractivity contribution in [2.24, 2.45) is 0 Å². The van der Waals surface area contributed by atoms with E-state index in [1.165, 1.54) is 0 Å². The second kappa shape index (κ2) is 6.17. The first-order valence-electron chi connectivity index (χ1n) is 4.82. The Balaban J connectivity index is 2.02. The predicted octanol–water partition coefficient (Wildman–Crippen LogP) is 1.77. The van der Waals surface area contributed by atoms with Crippen LogP contribution in [-0.2, 0) is 6.54 Å². The highest BCUT2D eigenvalue weighted by Gasteiger charge is 1.98. The third-order valence-corrected chi connectivity index (χ3v) is 1.84. The molecular formula is C10H15N3O. The molecule has 0 aromatic carbocycles. The van der Waals surface area contributed by atoms with Crippen molar-refractivity contribution in [2.75, 3.05) is 6.54 Å². The largest absolute Gasteiger partial charge is 0.445 e. The summed E-state index contributed by atoms with van der Waals surface area (Å²) in [6, 6.07) is 2.12. The highest BCUT2D eigenvalue weighted by Crippen LogP contribution is 2.00. The van der Waals surface area contributed by atoms with Crippen molar-refractivity contribution in [3.8, 4) is 6.07 Å². The van der Waals surface area contributed by atoms with Crippen LogP contribution in [0.15, 0.2) is 10.6 Å². The van der Waals surface area contributed by atoms with Crippen LogP contribution in [0.3, 0.4) is 0 Å². The molecule has 0 saturated carbocycles. The van der Waals surface area contributed by atoms with E-state index in [9.17, 15) is 0 Å². The lowest BCUT2D eigenvalue weighted by atomic mass is 10.2. The minimum absolute atomic E-state index is 0.639. The van der Waals surface area contributed by atoms with Gasteiger partial charge in [0.05, 0.1) is 18.8 Å². The van der Waals surface area contributed by atoms with E-state index < -0.39 is 0 Å². The van der Waals surface area contributed by atoms with Crippen LogP contribution < -0.4 is 5.32 Å². The van der Waals surface area contributed by atoms with Crippen LogP contribution >= 0.6 is 0 Å². The number of unbranched alkanes of at least 4 members (excludes halogenated alkanes) is 2. The van der Waals surface area contributed by atoms with Crippen molar-refractivity contribution in [1.82, 2.24) is 10.3 Å². The van der Waals surface area contributed by atoms with Crippen molar-refractivity contribution >= 4 is 0 Å². The van der Waals surface area contributed by atoms with Crippen molar-refractivity contribution in [3.63, 3.8) is 0 Å². The van der Waals surface area contributed by atoms with E-state index in [0.717, 1.165) is 31.0 Å². The van der Waals surface area contributed by atoms with E-state index in [1.807, 2.05) is 6.92 Å². The Bertz CT molecular complexity index is 301. The molecule has 1 heterocycles. The zero-order valence-electron chi connectivity index (χ0n) is 8.42. The summed E-state index contributed by atoms with van der Waals surface area (Å²) < 4.78 is 5.29. The van der Waals surface area contributed by atoms with Crippen LogP contribution in [0.4, 0.5) is 0 Å². The summed E-state index contributed by atoms with van der Waals surface area (Å²) in [5, 5.41) is 11.5. The Morgan fingerprint density at radius 2 is 2.43 bits per heavy atom. The number of nitriles is 1. The molecule has 0 atom stereocenters. The number of hydrogen-bond acceptors (Lipinski definition) is 4. The lowest BCUT2D eigenvalue weighted by molar-refractivity contribution is 0.447.